The molecule has 1 heterocycles. The SMILES string of the molecule is Cc1noc(-c2ccccc2C(=O)NC2CCC(N)CC2)n1.Cl. The quantitative estimate of drug-likeness (QED) is 0.897. The molecule has 2 aromatic rings. The summed E-state index contributed by atoms with van der Waals surface area (Å²) >= 11 is 0. The summed E-state index contributed by atoms with van der Waals surface area (Å²) in [7, 11) is 0. The van der Waals surface area contributed by atoms with Crippen molar-refractivity contribution in [1.82, 2.24) is 15.5 Å². The predicted octanol–water partition coefficient (Wildman–Crippen LogP) is 2.47. The number of hydrogen-bond donors (Lipinski definition) is 2. The number of aryl methyl sites for hydroxylation is 1. The average molecular weight is 337 g/mol. The van der Waals surface area contributed by atoms with E-state index in [-0.39, 0.29) is 30.4 Å². The van der Waals surface area contributed by atoms with E-state index in [0.29, 0.717) is 22.8 Å². The van der Waals surface area contributed by atoms with Crippen molar-refractivity contribution in [1.29, 1.82) is 0 Å². The van der Waals surface area contributed by atoms with Crippen LogP contribution in [0.15, 0.2) is 28.8 Å². The van der Waals surface area contributed by atoms with Crippen molar-refractivity contribution in [3.63, 3.8) is 0 Å². The number of carbonyl (C=O) groups is 1. The molecule has 0 bridgehead atoms. The van der Waals surface area contributed by atoms with Crippen molar-refractivity contribution in [2.24, 2.45) is 5.73 Å². The molecule has 1 amide bonds. The molecule has 1 aliphatic carbocycles. The maximum Gasteiger partial charge on any atom is 0.258 e. The normalized spacial score (nSPS) is 20.6. The number of carbonyl (C=O) groups excluding carboxylic acids is 1. The first-order valence-electron chi connectivity index (χ1n) is 7.59. The summed E-state index contributed by atoms with van der Waals surface area (Å²) in [6.45, 7) is 1.75. The van der Waals surface area contributed by atoms with Gasteiger partial charge in [-0.1, -0.05) is 17.3 Å². The Morgan fingerprint density at radius 1 is 1.26 bits per heavy atom. The van der Waals surface area contributed by atoms with E-state index in [1.54, 1.807) is 13.0 Å². The molecule has 3 N–H and O–H groups in total. The lowest BCUT2D eigenvalue weighted by atomic mass is 9.91. The molecular weight excluding hydrogens is 316 g/mol. The van der Waals surface area contributed by atoms with Crippen molar-refractivity contribution in [3.05, 3.63) is 35.7 Å². The van der Waals surface area contributed by atoms with Gasteiger partial charge in [-0.2, -0.15) is 4.98 Å². The maximum absolute atomic E-state index is 12.6. The van der Waals surface area contributed by atoms with Crippen molar-refractivity contribution in [3.8, 4) is 11.5 Å². The third-order valence-electron chi connectivity index (χ3n) is 4.04. The van der Waals surface area contributed by atoms with Crippen LogP contribution in [0, 0.1) is 6.92 Å². The number of halogens is 1. The van der Waals surface area contributed by atoms with Crippen LogP contribution in [0.5, 0.6) is 0 Å². The summed E-state index contributed by atoms with van der Waals surface area (Å²) in [6, 6.07) is 7.73. The van der Waals surface area contributed by atoms with Crippen LogP contribution in [0.25, 0.3) is 11.5 Å². The van der Waals surface area contributed by atoms with E-state index in [2.05, 4.69) is 15.5 Å². The molecule has 7 heteroatoms. The highest BCUT2D eigenvalue weighted by Gasteiger charge is 2.22. The smallest absolute Gasteiger partial charge is 0.258 e. The van der Waals surface area contributed by atoms with Gasteiger partial charge in [-0.25, -0.2) is 0 Å². The Labute approximate surface area is 141 Å². The number of nitrogens with one attached hydrogen (secondary N) is 1. The largest absolute Gasteiger partial charge is 0.349 e. The van der Waals surface area contributed by atoms with Gasteiger partial charge in [0, 0.05) is 12.1 Å². The molecule has 23 heavy (non-hydrogen) atoms. The molecule has 1 aromatic heterocycles. The maximum atomic E-state index is 12.6. The van der Waals surface area contributed by atoms with Gasteiger partial charge >= 0.3 is 0 Å². The van der Waals surface area contributed by atoms with E-state index in [9.17, 15) is 4.79 Å². The zero-order valence-electron chi connectivity index (χ0n) is 13.0. The topological polar surface area (TPSA) is 94.0 Å². The molecule has 1 fully saturated rings. The zero-order valence-corrected chi connectivity index (χ0v) is 13.8. The van der Waals surface area contributed by atoms with E-state index in [1.807, 2.05) is 18.2 Å². The first-order valence-corrected chi connectivity index (χ1v) is 7.59. The molecule has 1 aliphatic rings. The first kappa shape index (κ1) is 17.4. The Hall–Kier alpha value is -1.92. The van der Waals surface area contributed by atoms with Gasteiger partial charge in [0.2, 0.25) is 0 Å². The molecule has 0 saturated heterocycles. The summed E-state index contributed by atoms with van der Waals surface area (Å²) < 4.78 is 5.19. The van der Waals surface area contributed by atoms with Crippen LogP contribution >= 0.6 is 12.4 Å². The van der Waals surface area contributed by atoms with Gasteiger partial charge < -0.3 is 15.6 Å². The molecule has 0 spiro atoms. The Balaban J connectivity index is 0.00000192. The molecule has 0 atom stereocenters. The summed E-state index contributed by atoms with van der Waals surface area (Å²) in [5, 5.41) is 6.87. The second kappa shape index (κ2) is 7.57. The number of aromatic nitrogens is 2. The highest BCUT2D eigenvalue weighted by atomic mass is 35.5. The van der Waals surface area contributed by atoms with Crippen LogP contribution in [0.3, 0.4) is 0 Å². The molecule has 1 aromatic carbocycles. The van der Waals surface area contributed by atoms with Gasteiger partial charge in [0.1, 0.15) is 0 Å². The van der Waals surface area contributed by atoms with Gasteiger partial charge in [-0.05, 0) is 44.7 Å². The Bertz CT molecular complexity index is 666. The predicted molar refractivity (Wildman–Crippen MR) is 89.4 cm³/mol. The Kier molecular flexibility index (Phi) is 5.74. The van der Waals surface area contributed by atoms with Crippen molar-refractivity contribution in [2.45, 2.75) is 44.7 Å². The summed E-state index contributed by atoms with van der Waals surface area (Å²) in [5.74, 6) is 0.812. The van der Waals surface area contributed by atoms with Gasteiger partial charge in [-0.15, -0.1) is 12.4 Å². The van der Waals surface area contributed by atoms with Crippen molar-refractivity contribution in [2.75, 3.05) is 0 Å². The highest BCUT2D eigenvalue weighted by molar-refractivity contribution is 6.00. The second-order valence-electron chi connectivity index (χ2n) is 5.78. The van der Waals surface area contributed by atoms with Crippen molar-refractivity contribution < 1.29 is 9.32 Å². The fourth-order valence-electron chi connectivity index (χ4n) is 2.80. The monoisotopic (exact) mass is 336 g/mol. The molecule has 0 radical (unpaired) electrons. The summed E-state index contributed by atoms with van der Waals surface area (Å²) in [5.41, 5.74) is 7.12. The lowest BCUT2D eigenvalue weighted by molar-refractivity contribution is 0.0926. The minimum Gasteiger partial charge on any atom is -0.349 e. The molecule has 6 nitrogen and oxygen atoms in total. The number of hydrogen-bond acceptors (Lipinski definition) is 5. The molecule has 124 valence electrons. The van der Waals surface area contributed by atoms with Crippen LogP contribution in [-0.2, 0) is 0 Å². The van der Waals surface area contributed by atoms with Gasteiger partial charge in [0.25, 0.3) is 11.8 Å². The van der Waals surface area contributed by atoms with E-state index in [0.717, 1.165) is 25.7 Å². The van der Waals surface area contributed by atoms with Gasteiger partial charge in [-0.3, -0.25) is 4.79 Å². The van der Waals surface area contributed by atoms with Crippen LogP contribution in [0.2, 0.25) is 0 Å². The molecule has 1 saturated carbocycles. The molecule has 0 aliphatic heterocycles. The third kappa shape index (κ3) is 4.09. The minimum atomic E-state index is -0.105. The number of rotatable bonds is 3. The van der Waals surface area contributed by atoms with Gasteiger partial charge in [0.15, 0.2) is 5.82 Å². The van der Waals surface area contributed by atoms with Crippen molar-refractivity contribution >= 4 is 18.3 Å². The molecule has 0 unspecified atom stereocenters. The number of benzene rings is 1. The third-order valence-corrected chi connectivity index (χ3v) is 4.04. The van der Waals surface area contributed by atoms with Gasteiger partial charge in [0.05, 0.1) is 11.1 Å². The van der Waals surface area contributed by atoms with Crippen LogP contribution in [0.1, 0.15) is 41.9 Å². The fourth-order valence-corrected chi connectivity index (χ4v) is 2.80. The highest BCUT2D eigenvalue weighted by Crippen LogP contribution is 2.23. The van der Waals surface area contributed by atoms with Crippen LogP contribution in [0.4, 0.5) is 0 Å². The summed E-state index contributed by atoms with van der Waals surface area (Å²) in [4.78, 5) is 16.8. The zero-order chi connectivity index (χ0) is 15.5. The molecule has 3 rings (SSSR count). The lowest BCUT2D eigenvalue weighted by Crippen LogP contribution is -2.40. The Morgan fingerprint density at radius 2 is 1.96 bits per heavy atom. The van der Waals surface area contributed by atoms with E-state index in [1.165, 1.54) is 0 Å². The first-order chi connectivity index (χ1) is 10.6. The molecular formula is C16H21ClN4O2. The Morgan fingerprint density at radius 3 is 2.61 bits per heavy atom. The van der Waals surface area contributed by atoms with Crippen LogP contribution in [-0.4, -0.2) is 28.1 Å². The second-order valence-corrected chi connectivity index (χ2v) is 5.78. The fraction of sp³-hybridized carbons (Fsp3) is 0.438. The number of nitrogens with two attached hydrogens (primary N) is 1. The van der Waals surface area contributed by atoms with Crippen LogP contribution < -0.4 is 11.1 Å². The average Bonchev–Trinajstić information content (AvgIpc) is 2.96. The van der Waals surface area contributed by atoms with E-state index < -0.39 is 0 Å². The summed E-state index contributed by atoms with van der Waals surface area (Å²) in [6.07, 6.45) is 3.76. The number of amides is 1. The van der Waals surface area contributed by atoms with E-state index in [4.69, 9.17) is 10.3 Å². The van der Waals surface area contributed by atoms with E-state index >= 15 is 0 Å². The standard InChI is InChI=1S/C16H20N4O2.ClH/c1-10-18-16(22-20-10)14-5-3-2-4-13(14)15(21)19-12-8-6-11(17)7-9-12;/h2-5,11-12H,6-9,17H2,1H3,(H,19,21);1H. The minimum absolute atomic E-state index is 0. The number of nitrogens with zero attached hydrogens (tertiary/aromatic N) is 2. The lowest BCUT2D eigenvalue weighted by Gasteiger charge is -2.27.